The highest BCUT2D eigenvalue weighted by atomic mass is 32.1. The van der Waals surface area contributed by atoms with Crippen molar-refractivity contribution in [3.05, 3.63) is 52.3 Å². The van der Waals surface area contributed by atoms with Gasteiger partial charge in [0.05, 0.1) is 36.6 Å². The molecule has 0 bridgehead atoms. The zero-order valence-corrected chi connectivity index (χ0v) is 18.2. The largest absolute Gasteiger partial charge is 0.497 e. The minimum absolute atomic E-state index is 0.0271. The van der Waals surface area contributed by atoms with E-state index in [4.69, 9.17) is 14.2 Å². The molecule has 8 heteroatoms. The molecule has 0 spiro atoms. The van der Waals surface area contributed by atoms with Crippen LogP contribution in [0.4, 0.5) is 0 Å². The van der Waals surface area contributed by atoms with Crippen molar-refractivity contribution >= 4 is 33.4 Å². The van der Waals surface area contributed by atoms with Gasteiger partial charge < -0.3 is 18.8 Å². The minimum atomic E-state index is -0.481. The molecular formula is C22H24N2O5S. The quantitative estimate of drug-likeness (QED) is 0.538. The number of rotatable bonds is 7. The van der Waals surface area contributed by atoms with Crippen LogP contribution in [-0.4, -0.2) is 37.3 Å². The Labute approximate surface area is 178 Å². The van der Waals surface area contributed by atoms with Gasteiger partial charge in [0.2, 0.25) is 0 Å². The molecule has 1 heterocycles. The number of hydrogen-bond acceptors (Lipinski definition) is 6. The van der Waals surface area contributed by atoms with E-state index in [2.05, 4.69) is 18.0 Å². The highest BCUT2D eigenvalue weighted by Gasteiger charge is 2.16. The molecule has 0 saturated carbocycles. The standard InChI is InChI=1S/C22H24N2O5S/c1-5-14-7-9-17-19(11-14)30-22(24(17)13-20(25)29-6-2)23-21(26)16-12-15(27-3)8-10-18(16)28-4/h7-12H,5-6,13H2,1-4H3. The lowest BCUT2D eigenvalue weighted by atomic mass is 10.2. The molecule has 30 heavy (non-hydrogen) atoms. The predicted octanol–water partition coefficient (Wildman–Crippen LogP) is 3.59. The van der Waals surface area contributed by atoms with E-state index in [-0.39, 0.29) is 24.7 Å². The van der Waals surface area contributed by atoms with Crippen LogP contribution in [0.25, 0.3) is 10.2 Å². The number of amides is 1. The lowest BCUT2D eigenvalue weighted by Crippen LogP contribution is -2.23. The number of aromatic nitrogens is 1. The third-order valence-corrected chi connectivity index (χ3v) is 5.62. The van der Waals surface area contributed by atoms with E-state index in [9.17, 15) is 9.59 Å². The molecule has 158 valence electrons. The molecular weight excluding hydrogens is 404 g/mol. The maximum absolute atomic E-state index is 13.0. The molecule has 2 aromatic carbocycles. The number of aryl methyl sites for hydroxylation is 1. The lowest BCUT2D eigenvalue weighted by molar-refractivity contribution is -0.143. The van der Waals surface area contributed by atoms with Crippen LogP contribution >= 0.6 is 11.3 Å². The first-order chi connectivity index (χ1) is 14.5. The SMILES string of the molecule is CCOC(=O)Cn1c(=NC(=O)c2cc(OC)ccc2OC)sc2cc(CC)ccc21. The molecule has 7 nitrogen and oxygen atoms in total. The number of carbonyl (C=O) groups excluding carboxylic acids is 2. The molecule has 0 aliphatic carbocycles. The van der Waals surface area contributed by atoms with Crippen LogP contribution in [0.2, 0.25) is 0 Å². The van der Waals surface area contributed by atoms with E-state index >= 15 is 0 Å². The fraction of sp³-hybridized carbons (Fsp3) is 0.318. The summed E-state index contributed by atoms with van der Waals surface area (Å²) in [6, 6.07) is 11.0. The first-order valence-corrected chi connectivity index (χ1v) is 10.4. The van der Waals surface area contributed by atoms with E-state index in [0.29, 0.717) is 16.3 Å². The van der Waals surface area contributed by atoms with Crippen LogP contribution in [0.5, 0.6) is 11.5 Å². The number of hydrogen-bond donors (Lipinski definition) is 0. The van der Waals surface area contributed by atoms with Crippen molar-refractivity contribution in [2.75, 3.05) is 20.8 Å². The van der Waals surface area contributed by atoms with Gasteiger partial charge >= 0.3 is 5.97 Å². The van der Waals surface area contributed by atoms with E-state index < -0.39 is 5.91 Å². The fourth-order valence-electron chi connectivity index (χ4n) is 3.04. The number of esters is 1. The summed E-state index contributed by atoms with van der Waals surface area (Å²) in [7, 11) is 3.02. The Kier molecular flexibility index (Phi) is 6.89. The Balaban J connectivity index is 2.14. The maximum Gasteiger partial charge on any atom is 0.326 e. The third-order valence-electron chi connectivity index (χ3n) is 4.58. The molecule has 0 unspecified atom stereocenters. The van der Waals surface area contributed by atoms with Crippen LogP contribution in [-0.2, 0) is 22.5 Å². The first-order valence-electron chi connectivity index (χ1n) is 9.59. The molecule has 0 fully saturated rings. The molecule has 1 amide bonds. The summed E-state index contributed by atoms with van der Waals surface area (Å²) in [4.78, 5) is 29.9. The summed E-state index contributed by atoms with van der Waals surface area (Å²) in [6.07, 6.45) is 0.887. The van der Waals surface area contributed by atoms with Gasteiger partial charge in [-0.2, -0.15) is 4.99 Å². The normalized spacial score (nSPS) is 11.5. The summed E-state index contributed by atoms with van der Waals surface area (Å²) >= 11 is 1.36. The van der Waals surface area contributed by atoms with Crippen molar-refractivity contribution in [3.63, 3.8) is 0 Å². The van der Waals surface area contributed by atoms with Crippen molar-refractivity contribution in [2.45, 2.75) is 26.8 Å². The minimum Gasteiger partial charge on any atom is -0.497 e. The van der Waals surface area contributed by atoms with E-state index in [1.54, 1.807) is 29.7 Å². The second-order valence-electron chi connectivity index (χ2n) is 6.41. The average molecular weight is 429 g/mol. The Bertz CT molecular complexity index is 1150. The van der Waals surface area contributed by atoms with E-state index in [1.807, 2.05) is 12.1 Å². The van der Waals surface area contributed by atoms with Crippen molar-refractivity contribution in [2.24, 2.45) is 4.99 Å². The van der Waals surface area contributed by atoms with E-state index in [1.165, 1.54) is 31.1 Å². The number of thiazole rings is 1. The van der Waals surface area contributed by atoms with Gasteiger partial charge in [-0.3, -0.25) is 9.59 Å². The second kappa shape index (κ2) is 9.58. The van der Waals surface area contributed by atoms with Crippen LogP contribution in [0.1, 0.15) is 29.8 Å². The summed E-state index contributed by atoms with van der Waals surface area (Å²) in [5.74, 6) is 0.0591. The summed E-state index contributed by atoms with van der Waals surface area (Å²) in [6.45, 7) is 4.09. The van der Waals surface area contributed by atoms with Gasteiger partial charge in [-0.15, -0.1) is 0 Å². The summed E-state index contributed by atoms with van der Waals surface area (Å²) in [5.41, 5.74) is 2.28. The number of benzene rings is 2. The van der Waals surface area contributed by atoms with Gasteiger partial charge in [0.25, 0.3) is 5.91 Å². The van der Waals surface area contributed by atoms with Crippen LogP contribution in [0.15, 0.2) is 41.4 Å². The molecule has 0 N–H and O–H groups in total. The molecule has 0 saturated heterocycles. The second-order valence-corrected chi connectivity index (χ2v) is 7.42. The topological polar surface area (TPSA) is 79.1 Å². The Hall–Kier alpha value is -3.13. The van der Waals surface area contributed by atoms with Gasteiger partial charge in [-0.05, 0) is 49.2 Å². The average Bonchev–Trinajstić information content (AvgIpc) is 3.09. The lowest BCUT2D eigenvalue weighted by Gasteiger charge is -2.08. The van der Waals surface area contributed by atoms with Gasteiger partial charge in [-0.25, -0.2) is 0 Å². The van der Waals surface area contributed by atoms with Gasteiger partial charge in [0, 0.05) is 0 Å². The highest BCUT2D eigenvalue weighted by molar-refractivity contribution is 7.16. The third kappa shape index (κ3) is 4.54. The molecule has 3 rings (SSSR count). The van der Waals surface area contributed by atoms with Crippen molar-refractivity contribution in [1.29, 1.82) is 0 Å². The Morgan fingerprint density at radius 1 is 1.07 bits per heavy atom. The monoisotopic (exact) mass is 428 g/mol. The zero-order valence-electron chi connectivity index (χ0n) is 17.4. The maximum atomic E-state index is 13.0. The summed E-state index contributed by atoms with van der Waals surface area (Å²) < 4.78 is 18.3. The molecule has 0 atom stereocenters. The number of methoxy groups -OCH3 is 2. The molecule has 1 aromatic heterocycles. The Morgan fingerprint density at radius 3 is 2.53 bits per heavy atom. The molecule has 0 radical (unpaired) electrons. The van der Waals surface area contributed by atoms with Crippen LogP contribution < -0.4 is 14.3 Å². The zero-order chi connectivity index (χ0) is 21.7. The van der Waals surface area contributed by atoms with Crippen molar-refractivity contribution in [1.82, 2.24) is 4.57 Å². The van der Waals surface area contributed by atoms with E-state index in [0.717, 1.165) is 16.6 Å². The molecule has 0 aliphatic rings. The molecule has 3 aromatic rings. The Morgan fingerprint density at radius 2 is 1.87 bits per heavy atom. The first kappa shape index (κ1) is 21.6. The van der Waals surface area contributed by atoms with Crippen LogP contribution in [0, 0.1) is 0 Å². The number of fused-ring (bicyclic) bond motifs is 1. The smallest absolute Gasteiger partial charge is 0.326 e. The number of carbonyl (C=O) groups is 2. The fourth-order valence-corrected chi connectivity index (χ4v) is 4.13. The van der Waals surface area contributed by atoms with Crippen molar-refractivity contribution in [3.8, 4) is 11.5 Å². The van der Waals surface area contributed by atoms with Gasteiger partial charge in [-0.1, -0.05) is 24.3 Å². The highest BCUT2D eigenvalue weighted by Crippen LogP contribution is 2.25. The predicted molar refractivity (Wildman–Crippen MR) is 115 cm³/mol. The number of ether oxygens (including phenoxy) is 3. The van der Waals surface area contributed by atoms with Gasteiger partial charge in [0.1, 0.15) is 18.0 Å². The summed E-state index contributed by atoms with van der Waals surface area (Å²) in [5, 5.41) is 0. The van der Waals surface area contributed by atoms with Crippen LogP contribution in [0.3, 0.4) is 0 Å². The molecule has 0 aliphatic heterocycles. The van der Waals surface area contributed by atoms with Gasteiger partial charge in [0.15, 0.2) is 4.80 Å². The number of nitrogens with zero attached hydrogens (tertiary/aromatic N) is 2. The van der Waals surface area contributed by atoms with Crippen molar-refractivity contribution < 1.29 is 23.8 Å².